The molecule has 2 aromatic rings. The molecule has 4 rings (SSSR count). The van der Waals surface area contributed by atoms with Crippen LogP contribution in [0.25, 0.3) is 0 Å². The summed E-state index contributed by atoms with van der Waals surface area (Å²) in [7, 11) is 0. The minimum Gasteiger partial charge on any atom is -0.489 e. The van der Waals surface area contributed by atoms with Crippen LogP contribution in [0.3, 0.4) is 0 Å². The number of alkyl carbamates (subject to hydrolysis) is 1. The standard InChI is InChI=1S/C26H34N2O3/c1-25(2,3)31-24(29)27-21-17-26(18-21)13-15-28(16-14-26)22-9-11-23(12-10-22)30-19-20-7-5-4-6-8-20/h4-12,21H,13-19H2,1-3H3,(H,27,29). The van der Waals surface area contributed by atoms with Gasteiger partial charge in [-0.1, -0.05) is 30.3 Å². The van der Waals surface area contributed by atoms with Crippen molar-refractivity contribution in [2.75, 3.05) is 18.0 Å². The summed E-state index contributed by atoms with van der Waals surface area (Å²) in [6.07, 6.45) is 4.18. The number of anilines is 1. The van der Waals surface area contributed by atoms with E-state index in [0.717, 1.165) is 31.7 Å². The van der Waals surface area contributed by atoms with E-state index < -0.39 is 5.60 Å². The summed E-state index contributed by atoms with van der Waals surface area (Å²) in [6, 6.07) is 18.9. The fourth-order valence-electron chi connectivity index (χ4n) is 4.70. The van der Waals surface area contributed by atoms with E-state index in [1.54, 1.807) is 0 Å². The van der Waals surface area contributed by atoms with E-state index in [1.165, 1.54) is 24.1 Å². The number of amides is 1. The third-order valence-electron chi connectivity index (χ3n) is 6.35. The summed E-state index contributed by atoms with van der Waals surface area (Å²) in [4.78, 5) is 14.4. The monoisotopic (exact) mass is 422 g/mol. The van der Waals surface area contributed by atoms with Gasteiger partial charge in [-0.2, -0.15) is 0 Å². The first-order valence-corrected chi connectivity index (χ1v) is 11.3. The van der Waals surface area contributed by atoms with Gasteiger partial charge in [-0.3, -0.25) is 0 Å². The number of hydrogen-bond donors (Lipinski definition) is 1. The number of carbonyl (C=O) groups is 1. The predicted octanol–water partition coefficient (Wildman–Crippen LogP) is 5.54. The van der Waals surface area contributed by atoms with Crippen molar-refractivity contribution in [3.63, 3.8) is 0 Å². The van der Waals surface area contributed by atoms with Gasteiger partial charge in [-0.15, -0.1) is 0 Å². The van der Waals surface area contributed by atoms with Crippen LogP contribution in [0.1, 0.15) is 52.0 Å². The molecule has 2 aliphatic rings. The number of piperidine rings is 1. The fourth-order valence-corrected chi connectivity index (χ4v) is 4.70. The molecule has 31 heavy (non-hydrogen) atoms. The zero-order chi connectivity index (χ0) is 21.9. The van der Waals surface area contributed by atoms with Gasteiger partial charge in [-0.25, -0.2) is 4.79 Å². The van der Waals surface area contributed by atoms with E-state index >= 15 is 0 Å². The number of benzene rings is 2. The molecule has 1 saturated carbocycles. The molecule has 166 valence electrons. The lowest BCUT2D eigenvalue weighted by atomic mass is 9.60. The largest absolute Gasteiger partial charge is 0.489 e. The van der Waals surface area contributed by atoms with Gasteiger partial charge in [0.1, 0.15) is 18.0 Å². The van der Waals surface area contributed by atoms with Crippen molar-refractivity contribution in [2.45, 2.75) is 64.7 Å². The van der Waals surface area contributed by atoms with Gasteiger partial charge in [0.05, 0.1) is 0 Å². The first kappa shape index (κ1) is 21.5. The van der Waals surface area contributed by atoms with Crippen LogP contribution >= 0.6 is 0 Å². The van der Waals surface area contributed by atoms with Crippen LogP contribution < -0.4 is 15.0 Å². The second-order valence-electron chi connectivity index (χ2n) is 10.0. The second kappa shape index (κ2) is 8.81. The topological polar surface area (TPSA) is 50.8 Å². The van der Waals surface area contributed by atoms with Crippen molar-refractivity contribution in [3.8, 4) is 5.75 Å². The SMILES string of the molecule is CC(C)(C)OC(=O)NC1CC2(CCN(c3ccc(OCc4ccccc4)cc3)CC2)C1. The van der Waals surface area contributed by atoms with Crippen LogP contribution in [0.5, 0.6) is 5.75 Å². The smallest absolute Gasteiger partial charge is 0.407 e. The van der Waals surface area contributed by atoms with E-state index in [2.05, 4.69) is 46.6 Å². The summed E-state index contributed by atoms with van der Waals surface area (Å²) in [5.74, 6) is 0.899. The lowest BCUT2D eigenvalue weighted by Crippen LogP contribution is -2.55. The zero-order valence-corrected chi connectivity index (χ0v) is 18.9. The molecular formula is C26H34N2O3. The van der Waals surface area contributed by atoms with Crippen molar-refractivity contribution in [2.24, 2.45) is 5.41 Å². The summed E-state index contributed by atoms with van der Waals surface area (Å²) in [6.45, 7) is 8.39. The molecule has 0 bridgehead atoms. The molecule has 1 heterocycles. The van der Waals surface area contributed by atoms with Crippen molar-refractivity contribution >= 4 is 11.8 Å². The van der Waals surface area contributed by atoms with E-state index in [4.69, 9.17) is 9.47 Å². The van der Waals surface area contributed by atoms with Gasteiger partial charge in [0.25, 0.3) is 0 Å². The maximum Gasteiger partial charge on any atom is 0.407 e. The number of ether oxygens (including phenoxy) is 2. The van der Waals surface area contributed by atoms with Crippen LogP contribution in [-0.2, 0) is 11.3 Å². The highest BCUT2D eigenvalue weighted by Gasteiger charge is 2.46. The normalized spacial score (nSPS) is 18.4. The highest BCUT2D eigenvalue weighted by molar-refractivity contribution is 5.68. The minimum atomic E-state index is -0.445. The highest BCUT2D eigenvalue weighted by Crippen LogP contribution is 2.49. The molecular weight excluding hydrogens is 388 g/mol. The molecule has 0 atom stereocenters. The van der Waals surface area contributed by atoms with Crippen molar-refractivity contribution < 1.29 is 14.3 Å². The Morgan fingerprint density at radius 2 is 1.68 bits per heavy atom. The molecule has 2 fully saturated rings. The molecule has 1 amide bonds. The molecule has 2 aromatic carbocycles. The summed E-state index contributed by atoms with van der Waals surface area (Å²) in [5.41, 5.74) is 2.37. The highest BCUT2D eigenvalue weighted by atomic mass is 16.6. The Morgan fingerprint density at radius 1 is 1.03 bits per heavy atom. The van der Waals surface area contributed by atoms with Gasteiger partial charge in [0.15, 0.2) is 0 Å². The second-order valence-corrected chi connectivity index (χ2v) is 10.0. The first-order valence-electron chi connectivity index (χ1n) is 11.3. The number of nitrogens with zero attached hydrogens (tertiary/aromatic N) is 1. The third kappa shape index (κ3) is 5.72. The van der Waals surface area contributed by atoms with Gasteiger partial charge >= 0.3 is 6.09 Å². The number of hydrogen-bond acceptors (Lipinski definition) is 4. The molecule has 1 aliphatic carbocycles. The molecule has 0 unspecified atom stereocenters. The lowest BCUT2D eigenvalue weighted by molar-refractivity contribution is 0.0234. The summed E-state index contributed by atoms with van der Waals surface area (Å²) >= 11 is 0. The van der Waals surface area contributed by atoms with E-state index in [9.17, 15) is 4.79 Å². The number of nitrogens with one attached hydrogen (secondary N) is 1. The Balaban J connectivity index is 1.21. The van der Waals surface area contributed by atoms with Crippen LogP contribution in [0.15, 0.2) is 54.6 Å². The van der Waals surface area contributed by atoms with Crippen molar-refractivity contribution in [1.82, 2.24) is 5.32 Å². The van der Waals surface area contributed by atoms with Crippen LogP contribution in [0.2, 0.25) is 0 Å². The summed E-state index contributed by atoms with van der Waals surface area (Å²) < 4.78 is 11.3. The lowest BCUT2D eigenvalue weighted by Gasteiger charge is -2.52. The minimum absolute atomic E-state index is 0.252. The Labute approximate surface area is 185 Å². The molecule has 1 N–H and O–H groups in total. The predicted molar refractivity (Wildman–Crippen MR) is 123 cm³/mol. The Bertz CT molecular complexity index is 858. The van der Waals surface area contributed by atoms with Gasteiger partial charge in [0.2, 0.25) is 0 Å². The van der Waals surface area contributed by atoms with Crippen molar-refractivity contribution in [3.05, 3.63) is 60.2 Å². The van der Waals surface area contributed by atoms with Gasteiger partial charge < -0.3 is 19.7 Å². The van der Waals surface area contributed by atoms with Crippen LogP contribution in [-0.4, -0.2) is 30.8 Å². The molecule has 0 aromatic heterocycles. The average molecular weight is 423 g/mol. The maximum atomic E-state index is 12.0. The summed E-state index contributed by atoms with van der Waals surface area (Å²) in [5, 5.41) is 3.03. The Hall–Kier alpha value is -2.69. The van der Waals surface area contributed by atoms with Crippen molar-refractivity contribution in [1.29, 1.82) is 0 Å². The molecule has 1 aliphatic heterocycles. The maximum absolute atomic E-state index is 12.0. The van der Waals surface area contributed by atoms with Crippen LogP contribution in [0, 0.1) is 5.41 Å². The fraction of sp³-hybridized carbons (Fsp3) is 0.500. The van der Waals surface area contributed by atoms with E-state index in [-0.39, 0.29) is 12.1 Å². The Morgan fingerprint density at radius 3 is 2.29 bits per heavy atom. The number of carbonyl (C=O) groups excluding carboxylic acids is 1. The Kier molecular flexibility index (Phi) is 6.12. The molecule has 1 saturated heterocycles. The molecule has 1 spiro atoms. The quantitative estimate of drug-likeness (QED) is 0.687. The molecule has 5 nitrogen and oxygen atoms in total. The van der Waals surface area contributed by atoms with Gasteiger partial charge in [0, 0.05) is 24.8 Å². The van der Waals surface area contributed by atoms with E-state index in [0.29, 0.717) is 12.0 Å². The third-order valence-corrected chi connectivity index (χ3v) is 6.35. The number of rotatable bonds is 5. The molecule has 0 radical (unpaired) electrons. The average Bonchev–Trinajstić information content (AvgIpc) is 2.71. The first-order chi connectivity index (χ1) is 14.8. The van der Waals surface area contributed by atoms with Crippen LogP contribution in [0.4, 0.5) is 10.5 Å². The van der Waals surface area contributed by atoms with E-state index in [1.807, 2.05) is 39.0 Å². The zero-order valence-electron chi connectivity index (χ0n) is 18.9. The molecule has 5 heteroatoms. The van der Waals surface area contributed by atoms with Gasteiger partial charge in [-0.05, 0) is 81.7 Å².